The summed E-state index contributed by atoms with van der Waals surface area (Å²) in [6.45, 7) is 1.40. The zero-order valence-corrected chi connectivity index (χ0v) is 7.24. The molecule has 1 heterocycles. The topological polar surface area (TPSA) is 50.9 Å². The van der Waals surface area contributed by atoms with Gasteiger partial charge in [-0.3, -0.25) is 0 Å². The van der Waals surface area contributed by atoms with E-state index in [1.165, 1.54) is 13.0 Å². The normalized spacial score (nSPS) is 13.3. The molecule has 1 aromatic rings. The molecular formula is C6H9F2N3S. The number of anilines is 2. The smallest absolute Gasteiger partial charge is 0.258 e. The van der Waals surface area contributed by atoms with Crippen LogP contribution in [0.2, 0.25) is 0 Å². The number of hydrogen-bond acceptors (Lipinski definition) is 4. The van der Waals surface area contributed by atoms with Crippen LogP contribution in [0.1, 0.15) is 6.92 Å². The maximum absolute atomic E-state index is 12.0. The van der Waals surface area contributed by atoms with Crippen LogP contribution in [0, 0.1) is 0 Å². The summed E-state index contributed by atoms with van der Waals surface area (Å²) in [7, 11) is 0. The van der Waals surface area contributed by atoms with Crippen LogP contribution in [-0.2, 0) is 0 Å². The molecule has 0 radical (unpaired) electrons. The van der Waals surface area contributed by atoms with Crippen molar-refractivity contribution in [3.8, 4) is 0 Å². The minimum absolute atomic E-state index is 0.351. The Morgan fingerprint density at radius 2 is 2.33 bits per heavy atom. The molecule has 0 saturated heterocycles. The van der Waals surface area contributed by atoms with Crippen LogP contribution in [0.4, 0.5) is 19.6 Å². The molecule has 68 valence electrons. The van der Waals surface area contributed by atoms with Crippen molar-refractivity contribution in [2.75, 3.05) is 11.1 Å². The molecule has 6 heteroatoms. The van der Waals surface area contributed by atoms with E-state index in [0.29, 0.717) is 10.8 Å². The second-order valence-corrected chi connectivity index (χ2v) is 3.19. The third-order valence-electron chi connectivity index (χ3n) is 1.28. The zero-order chi connectivity index (χ0) is 9.14. The molecular weight excluding hydrogens is 184 g/mol. The average molecular weight is 193 g/mol. The van der Waals surface area contributed by atoms with Gasteiger partial charge >= 0.3 is 0 Å². The fourth-order valence-corrected chi connectivity index (χ4v) is 1.31. The maximum atomic E-state index is 12.0. The fourth-order valence-electron chi connectivity index (χ4n) is 0.644. The quantitative estimate of drug-likeness (QED) is 0.769. The number of aromatic nitrogens is 1. The second kappa shape index (κ2) is 3.66. The Balaban J connectivity index is 2.52. The van der Waals surface area contributed by atoms with E-state index in [4.69, 9.17) is 5.73 Å². The molecule has 0 spiro atoms. The number of nitrogens with zero attached hydrogens (tertiary/aromatic N) is 1. The van der Waals surface area contributed by atoms with Gasteiger partial charge in [-0.2, -0.15) is 4.37 Å². The Bertz CT molecular complexity index is 251. The van der Waals surface area contributed by atoms with Gasteiger partial charge in [0.2, 0.25) is 0 Å². The van der Waals surface area contributed by atoms with Gasteiger partial charge in [0.15, 0.2) is 0 Å². The number of nitrogens with two attached hydrogens (primary N) is 1. The van der Waals surface area contributed by atoms with E-state index in [-0.39, 0.29) is 0 Å². The van der Waals surface area contributed by atoms with E-state index in [0.717, 1.165) is 11.5 Å². The Hall–Kier alpha value is -0.910. The Morgan fingerprint density at radius 1 is 1.67 bits per heavy atom. The Labute approximate surface area is 72.7 Å². The summed E-state index contributed by atoms with van der Waals surface area (Å²) in [4.78, 5) is 0. The largest absolute Gasteiger partial charge is 0.383 e. The van der Waals surface area contributed by atoms with Gasteiger partial charge in [-0.1, -0.05) is 0 Å². The van der Waals surface area contributed by atoms with Crippen molar-refractivity contribution >= 4 is 22.4 Å². The highest BCUT2D eigenvalue weighted by Crippen LogP contribution is 2.19. The van der Waals surface area contributed by atoms with Crippen molar-refractivity contribution < 1.29 is 8.78 Å². The SMILES string of the molecule is CC(Nc1cc(N)ns1)C(F)F. The number of hydrogen-bond donors (Lipinski definition) is 2. The van der Waals surface area contributed by atoms with Crippen LogP contribution in [0.15, 0.2) is 6.07 Å². The van der Waals surface area contributed by atoms with Gasteiger partial charge < -0.3 is 11.1 Å². The van der Waals surface area contributed by atoms with Crippen molar-refractivity contribution in [2.24, 2.45) is 0 Å². The van der Waals surface area contributed by atoms with Crippen LogP contribution in [-0.4, -0.2) is 16.8 Å². The first-order valence-corrected chi connectivity index (χ1v) is 4.14. The van der Waals surface area contributed by atoms with Gasteiger partial charge in [-0.05, 0) is 18.5 Å². The van der Waals surface area contributed by atoms with Crippen molar-refractivity contribution in [3.63, 3.8) is 0 Å². The van der Waals surface area contributed by atoms with Gasteiger partial charge in [-0.15, -0.1) is 0 Å². The van der Waals surface area contributed by atoms with E-state index >= 15 is 0 Å². The standard InChI is InChI=1S/C6H9F2N3S/c1-3(6(7)8)10-5-2-4(9)11-12-5/h2-3,6,10H,1H3,(H2,9,11). The van der Waals surface area contributed by atoms with Gasteiger partial charge in [0.05, 0.1) is 6.04 Å². The lowest BCUT2D eigenvalue weighted by Crippen LogP contribution is -2.23. The lowest BCUT2D eigenvalue weighted by molar-refractivity contribution is 0.131. The molecule has 1 rings (SSSR count). The second-order valence-electron chi connectivity index (χ2n) is 2.38. The molecule has 0 aromatic carbocycles. The summed E-state index contributed by atoms with van der Waals surface area (Å²) in [5.41, 5.74) is 5.30. The first kappa shape index (κ1) is 9.18. The minimum atomic E-state index is -2.38. The number of nitrogens with one attached hydrogen (secondary N) is 1. The molecule has 3 N–H and O–H groups in total. The van der Waals surface area contributed by atoms with Gasteiger partial charge in [0, 0.05) is 6.07 Å². The number of rotatable bonds is 3. The summed E-state index contributed by atoms with van der Waals surface area (Å²) < 4.78 is 27.8. The molecule has 0 saturated carbocycles. The van der Waals surface area contributed by atoms with Crippen molar-refractivity contribution in [2.45, 2.75) is 19.4 Å². The molecule has 0 fully saturated rings. The molecule has 1 atom stereocenters. The molecule has 0 aliphatic heterocycles. The van der Waals surface area contributed by atoms with Crippen molar-refractivity contribution in [1.82, 2.24) is 4.37 Å². The van der Waals surface area contributed by atoms with Crippen LogP contribution >= 0.6 is 11.5 Å². The third-order valence-corrected chi connectivity index (χ3v) is 2.01. The first-order chi connectivity index (χ1) is 5.59. The zero-order valence-electron chi connectivity index (χ0n) is 6.42. The highest BCUT2D eigenvalue weighted by Gasteiger charge is 2.14. The summed E-state index contributed by atoms with van der Waals surface area (Å²) in [6.07, 6.45) is -2.38. The summed E-state index contributed by atoms with van der Waals surface area (Å²) in [6, 6.07) is 0.661. The number of nitrogen functional groups attached to an aromatic ring is 1. The Morgan fingerprint density at radius 3 is 2.75 bits per heavy atom. The minimum Gasteiger partial charge on any atom is -0.383 e. The molecule has 1 unspecified atom stereocenters. The predicted molar refractivity (Wildman–Crippen MR) is 45.6 cm³/mol. The van der Waals surface area contributed by atoms with Crippen LogP contribution in [0.25, 0.3) is 0 Å². The van der Waals surface area contributed by atoms with E-state index in [1.807, 2.05) is 0 Å². The van der Waals surface area contributed by atoms with Gasteiger partial charge in [0.1, 0.15) is 10.8 Å². The lowest BCUT2D eigenvalue weighted by atomic mass is 10.3. The van der Waals surface area contributed by atoms with Crippen molar-refractivity contribution in [1.29, 1.82) is 0 Å². The summed E-state index contributed by atoms with van der Waals surface area (Å²) >= 11 is 1.08. The first-order valence-electron chi connectivity index (χ1n) is 3.36. The van der Waals surface area contributed by atoms with E-state index in [2.05, 4.69) is 9.69 Å². The number of halogens is 2. The van der Waals surface area contributed by atoms with E-state index in [1.54, 1.807) is 0 Å². The molecule has 12 heavy (non-hydrogen) atoms. The third kappa shape index (κ3) is 2.30. The lowest BCUT2D eigenvalue weighted by Gasteiger charge is -2.10. The Kier molecular flexibility index (Phi) is 2.80. The molecule has 0 amide bonds. The van der Waals surface area contributed by atoms with Crippen LogP contribution in [0.3, 0.4) is 0 Å². The predicted octanol–water partition coefficient (Wildman–Crippen LogP) is 1.79. The highest BCUT2D eigenvalue weighted by molar-refractivity contribution is 7.10. The van der Waals surface area contributed by atoms with Gasteiger partial charge in [-0.25, -0.2) is 8.78 Å². The molecule has 0 aliphatic carbocycles. The average Bonchev–Trinajstić information content (AvgIpc) is 2.35. The summed E-state index contributed by atoms with van der Waals surface area (Å²) in [5.74, 6) is 0.351. The number of alkyl halides is 2. The monoisotopic (exact) mass is 193 g/mol. The van der Waals surface area contributed by atoms with Crippen LogP contribution in [0.5, 0.6) is 0 Å². The fraction of sp³-hybridized carbons (Fsp3) is 0.500. The molecule has 0 bridgehead atoms. The molecule has 3 nitrogen and oxygen atoms in total. The summed E-state index contributed by atoms with van der Waals surface area (Å²) in [5, 5.41) is 3.16. The van der Waals surface area contributed by atoms with E-state index < -0.39 is 12.5 Å². The van der Waals surface area contributed by atoms with Crippen LogP contribution < -0.4 is 11.1 Å². The van der Waals surface area contributed by atoms with Gasteiger partial charge in [0.25, 0.3) is 6.43 Å². The van der Waals surface area contributed by atoms with E-state index in [9.17, 15) is 8.78 Å². The van der Waals surface area contributed by atoms with Crippen molar-refractivity contribution in [3.05, 3.63) is 6.07 Å². The maximum Gasteiger partial charge on any atom is 0.258 e. The molecule has 1 aromatic heterocycles. The molecule has 0 aliphatic rings. The highest BCUT2D eigenvalue weighted by atomic mass is 32.1.